The van der Waals surface area contributed by atoms with Crippen LogP contribution in [0.4, 0.5) is 8.78 Å². The second kappa shape index (κ2) is 4.83. The van der Waals surface area contributed by atoms with Crippen molar-refractivity contribution in [2.24, 2.45) is 0 Å². The third-order valence-electron chi connectivity index (χ3n) is 1.71. The number of aryl methyl sites for hydroxylation is 1. The Labute approximate surface area is 84.1 Å². The third-order valence-corrected chi connectivity index (χ3v) is 1.71. The van der Waals surface area contributed by atoms with Gasteiger partial charge >= 0.3 is 0 Å². The van der Waals surface area contributed by atoms with Crippen LogP contribution in [0.3, 0.4) is 0 Å². The van der Waals surface area contributed by atoms with Gasteiger partial charge in [0.25, 0.3) is 12.3 Å². The number of aromatic nitrogens is 1. The summed E-state index contributed by atoms with van der Waals surface area (Å²) in [5.74, 6) is -0.721. The molecule has 0 aliphatic rings. The minimum atomic E-state index is -2.89. The lowest BCUT2D eigenvalue weighted by Gasteiger charge is -2.09. The summed E-state index contributed by atoms with van der Waals surface area (Å²) in [6.45, 7) is 1.01. The molecule has 1 aromatic heterocycles. The van der Waals surface area contributed by atoms with Gasteiger partial charge in [-0.25, -0.2) is 13.8 Å². The lowest BCUT2D eigenvalue weighted by Crippen LogP contribution is -2.35. The molecule has 0 aromatic carbocycles. The highest BCUT2D eigenvalue weighted by Crippen LogP contribution is 2.05. The van der Waals surface area contributed by atoms with Crippen LogP contribution in [0.25, 0.3) is 0 Å². The Morgan fingerprint density at radius 3 is 2.87 bits per heavy atom. The van der Waals surface area contributed by atoms with Gasteiger partial charge in [0.05, 0.1) is 5.69 Å². The SMILES string of the molecule is Cc1ncoc1C(=O)NCC(O)C(F)F. The number of alkyl halides is 2. The molecular formula is C8H10F2N2O3. The number of halogens is 2. The molecule has 15 heavy (non-hydrogen) atoms. The van der Waals surface area contributed by atoms with Gasteiger partial charge in [-0.2, -0.15) is 0 Å². The fraction of sp³-hybridized carbons (Fsp3) is 0.500. The van der Waals surface area contributed by atoms with E-state index in [1.807, 2.05) is 0 Å². The molecule has 0 spiro atoms. The molecule has 0 saturated carbocycles. The smallest absolute Gasteiger partial charge is 0.289 e. The van der Waals surface area contributed by atoms with Gasteiger partial charge in [0.1, 0.15) is 6.10 Å². The molecule has 1 rings (SSSR count). The lowest BCUT2D eigenvalue weighted by molar-refractivity contribution is -0.00283. The van der Waals surface area contributed by atoms with E-state index in [2.05, 4.69) is 10.3 Å². The maximum absolute atomic E-state index is 11.9. The predicted octanol–water partition coefficient (Wildman–Crippen LogP) is 0.339. The van der Waals surface area contributed by atoms with Crippen LogP contribution in [-0.2, 0) is 0 Å². The molecule has 0 saturated heterocycles. The Balaban J connectivity index is 2.47. The van der Waals surface area contributed by atoms with E-state index in [1.54, 1.807) is 6.92 Å². The molecule has 1 unspecified atom stereocenters. The van der Waals surface area contributed by atoms with E-state index in [-0.39, 0.29) is 5.76 Å². The fourth-order valence-corrected chi connectivity index (χ4v) is 0.886. The molecule has 0 aliphatic heterocycles. The van der Waals surface area contributed by atoms with Crippen molar-refractivity contribution >= 4 is 5.91 Å². The van der Waals surface area contributed by atoms with E-state index in [0.29, 0.717) is 5.69 Å². The number of nitrogens with zero attached hydrogens (tertiary/aromatic N) is 1. The molecule has 5 nitrogen and oxygen atoms in total. The zero-order valence-electron chi connectivity index (χ0n) is 7.91. The van der Waals surface area contributed by atoms with E-state index in [4.69, 9.17) is 9.52 Å². The summed E-state index contributed by atoms with van der Waals surface area (Å²) in [7, 11) is 0. The van der Waals surface area contributed by atoms with Crippen molar-refractivity contribution in [2.75, 3.05) is 6.54 Å². The second-order valence-electron chi connectivity index (χ2n) is 2.88. The maximum Gasteiger partial charge on any atom is 0.289 e. The van der Waals surface area contributed by atoms with Crippen molar-refractivity contribution in [2.45, 2.75) is 19.5 Å². The quantitative estimate of drug-likeness (QED) is 0.767. The average molecular weight is 220 g/mol. The first-order valence-electron chi connectivity index (χ1n) is 4.17. The molecule has 84 valence electrons. The zero-order valence-corrected chi connectivity index (χ0v) is 7.91. The number of hydrogen-bond donors (Lipinski definition) is 2. The zero-order chi connectivity index (χ0) is 11.4. The van der Waals surface area contributed by atoms with Crippen LogP contribution in [0.1, 0.15) is 16.2 Å². The molecule has 7 heteroatoms. The van der Waals surface area contributed by atoms with Crippen LogP contribution < -0.4 is 5.32 Å². The summed E-state index contributed by atoms with van der Waals surface area (Å²) >= 11 is 0. The molecule has 1 atom stereocenters. The number of amides is 1. The highest BCUT2D eigenvalue weighted by Gasteiger charge is 2.19. The van der Waals surface area contributed by atoms with E-state index in [1.165, 1.54) is 0 Å². The van der Waals surface area contributed by atoms with Crippen LogP contribution in [0.5, 0.6) is 0 Å². The highest BCUT2D eigenvalue weighted by molar-refractivity contribution is 5.92. The standard InChI is InChI=1S/C8H10F2N2O3/c1-4-6(15-3-12-4)8(14)11-2-5(13)7(9)10/h3,5,7,13H,2H2,1H3,(H,11,14). The van der Waals surface area contributed by atoms with Crippen molar-refractivity contribution in [3.05, 3.63) is 17.8 Å². The average Bonchev–Trinajstić information content (AvgIpc) is 2.60. The molecule has 1 aromatic rings. The molecule has 0 aliphatic carbocycles. The number of carbonyl (C=O) groups excluding carboxylic acids is 1. The van der Waals surface area contributed by atoms with E-state index in [9.17, 15) is 13.6 Å². The van der Waals surface area contributed by atoms with Gasteiger partial charge in [-0.3, -0.25) is 4.79 Å². The number of aliphatic hydroxyl groups is 1. The van der Waals surface area contributed by atoms with Crippen LogP contribution in [-0.4, -0.2) is 35.1 Å². The van der Waals surface area contributed by atoms with E-state index >= 15 is 0 Å². The Bertz CT molecular complexity index is 340. The van der Waals surface area contributed by atoms with Gasteiger partial charge in [-0.05, 0) is 6.92 Å². The Morgan fingerprint density at radius 2 is 2.40 bits per heavy atom. The number of carbonyl (C=O) groups is 1. The van der Waals surface area contributed by atoms with Crippen LogP contribution in [0.2, 0.25) is 0 Å². The predicted molar refractivity (Wildman–Crippen MR) is 45.6 cm³/mol. The Morgan fingerprint density at radius 1 is 1.73 bits per heavy atom. The van der Waals surface area contributed by atoms with Crippen LogP contribution >= 0.6 is 0 Å². The van der Waals surface area contributed by atoms with Crippen molar-refractivity contribution in [1.29, 1.82) is 0 Å². The summed E-state index contributed by atoms with van der Waals surface area (Å²) in [4.78, 5) is 14.9. The summed E-state index contributed by atoms with van der Waals surface area (Å²) < 4.78 is 28.5. The monoisotopic (exact) mass is 220 g/mol. The van der Waals surface area contributed by atoms with Gasteiger partial charge in [0.2, 0.25) is 5.76 Å². The van der Waals surface area contributed by atoms with Gasteiger partial charge in [-0.1, -0.05) is 0 Å². The third kappa shape index (κ3) is 2.98. The minimum Gasteiger partial charge on any atom is -0.438 e. The number of hydrogen-bond acceptors (Lipinski definition) is 4. The first kappa shape index (κ1) is 11.6. The van der Waals surface area contributed by atoms with Crippen molar-refractivity contribution in [3.63, 3.8) is 0 Å². The van der Waals surface area contributed by atoms with Gasteiger partial charge < -0.3 is 14.8 Å². The molecule has 0 fully saturated rings. The number of rotatable bonds is 4. The number of nitrogens with one attached hydrogen (secondary N) is 1. The highest BCUT2D eigenvalue weighted by atomic mass is 19.3. The van der Waals surface area contributed by atoms with Gasteiger partial charge in [0, 0.05) is 6.54 Å². The molecule has 0 radical (unpaired) electrons. The fourth-order valence-electron chi connectivity index (χ4n) is 0.886. The Kier molecular flexibility index (Phi) is 3.73. The van der Waals surface area contributed by atoms with Gasteiger partial charge in [-0.15, -0.1) is 0 Å². The van der Waals surface area contributed by atoms with E-state index in [0.717, 1.165) is 6.39 Å². The molecule has 0 bridgehead atoms. The van der Waals surface area contributed by atoms with Crippen LogP contribution in [0.15, 0.2) is 10.8 Å². The second-order valence-corrected chi connectivity index (χ2v) is 2.88. The van der Waals surface area contributed by atoms with Gasteiger partial charge in [0.15, 0.2) is 6.39 Å². The van der Waals surface area contributed by atoms with Crippen molar-refractivity contribution < 1.29 is 23.1 Å². The molecule has 1 amide bonds. The number of aliphatic hydroxyl groups excluding tert-OH is 1. The summed E-state index contributed by atoms with van der Waals surface area (Å²) in [6.07, 6.45) is -3.69. The summed E-state index contributed by atoms with van der Waals surface area (Å²) in [5, 5.41) is 10.8. The molecule has 2 N–H and O–H groups in total. The maximum atomic E-state index is 11.9. The summed E-state index contributed by atoms with van der Waals surface area (Å²) in [5.41, 5.74) is 0.360. The normalized spacial score (nSPS) is 12.9. The first-order chi connectivity index (χ1) is 7.02. The first-order valence-corrected chi connectivity index (χ1v) is 4.17. The summed E-state index contributed by atoms with van der Waals surface area (Å²) in [6, 6.07) is 0. The van der Waals surface area contributed by atoms with Crippen LogP contribution in [0, 0.1) is 6.92 Å². The van der Waals surface area contributed by atoms with E-state index < -0.39 is 25.0 Å². The Hall–Kier alpha value is -1.50. The molecular weight excluding hydrogens is 210 g/mol. The number of oxazole rings is 1. The van der Waals surface area contributed by atoms with Crippen molar-refractivity contribution in [1.82, 2.24) is 10.3 Å². The molecule has 1 heterocycles. The van der Waals surface area contributed by atoms with Crippen molar-refractivity contribution in [3.8, 4) is 0 Å². The topological polar surface area (TPSA) is 75.4 Å². The minimum absolute atomic E-state index is 0.0449. The largest absolute Gasteiger partial charge is 0.438 e. The lowest BCUT2D eigenvalue weighted by atomic mass is 10.3.